The number of hydrogen-bond donors (Lipinski definition) is 1. The highest BCUT2D eigenvalue weighted by Crippen LogP contribution is 2.38. The largest absolute Gasteiger partial charge is 0.465 e. The molecule has 0 saturated carbocycles. The second kappa shape index (κ2) is 10.5. The summed E-state index contributed by atoms with van der Waals surface area (Å²) in [6.45, 7) is -0.444. The second-order valence-electron chi connectivity index (χ2n) is 8.13. The molecule has 1 amide bonds. The van der Waals surface area contributed by atoms with Gasteiger partial charge in [0, 0.05) is 4.88 Å². The van der Waals surface area contributed by atoms with Crippen LogP contribution in [-0.4, -0.2) is 40.2 Å². The SMILES string of the molecule is COC(=O)c1c(NC(=O)CN(c2ccc(Oc3ccccc3)cc2)S(C)(=O)=O)sc2c1CCCC2. The Morgan fingerprint density at radius 1 is 1.00 bits per heavy atom. The molecule has 1 heterocycles. The minimum atomic E-state index is -3.77. The van der Waals surface area contributed by atoms with Crippen molar-refractivity contribution in [1.29, 1.82) is 0 Å². The van der Waals surface area contributed by atoms with E-state index in [-0.39, 0.29) is 0 Å². The number of para-hydroxylation sites is 1. The van der Waals surface area contributed by atoms with Gasteiger partial charge in [0.1, 0.15) is 23.0 Å². The third-order valence-corrected chi connectivity index (χ3v) is 7.95. The van der Waals surface area contributed by atoms with Gasteiger partial charge in [0.25, 0.3) is 0 Å². The third-order valence-electron chi connectivity index (χ3n) is 5.60. The Bertz CT molecular complexity index is 1320. The maximum absolute atomic E-state index is 12.9. The number of carbonyl (C=O) groups is 2. The van der Waals surface area contributed by atoms with E-state index in [9.17, 15) is 18.0 Å². The molecular weight excluding hydrogens is 488 g/mol. The number of esters is 1. The van der Waals surface area contributed by atoms with Crippen molar-refractivity contribution >= 4 is 43.9 Å². The lowest BCUT2D eigenvalue weighted by atomic mass is 9.95. The van der Waals surface area contributed by atoms with E-state index in [1.807, 2.05) is 30.3 Å². The number of rotatable bonds is 8. The van der Waals surface area contributed by atoms with Crippen LogP contribution in [0, 0.1) is 0 Å². The molecule has 0 unspecified atom stereocenters. The van der Waals surface area contributed by atoms with Crippen molar-refractivity contribution < 1.29 is 27.5 Å². The van der Waals surface area contributed by atoms with E-state index in [0.717, 1.165) is 46.7 Å². The molecule has 2 aromatic carbocycles. The van der Waals surface area contributed by atoms with Gasteiger partial charge in [-0.2, -0.15) is 0 Å². The Morgan fingerprint density at radius 3 is 2.31 bits per heavy atom. The van der Waals surface area contributed by atoms with Crippen LogP contribution in [0.2, 0.25) is 0 Å². The van der Waals surface area contributed by atoms with Gasteiger partial charge in [-0.15, -0.1) is 11.3 Å². The van der Waals surface area contributed by atoms with Crippen molar-refractivity contribution in [2.45, 2.75) is 25.7 Å². The van der Waals surface area contributed by atoms with Crippen molar-refractivity contribution in [3.05, 3.63) is 70.6 Å². The van der Waals surface area contributed by atoms with Crippen molar-refractivity contribution in [1.82, 2.24) is 0 Å². The molecule has 10 heteroatoms. The highest BCUT2D eigenvalue weighted by Gasteiger charge is 2.28. The molecule has 3 aromatic rings. The summed E-state index contributed by atoms with van der Waals surface area (Å²) >= 11 is 1.35. The summed E-state index contributed by atoms with van der Waals surface area (Å²) in [6, 6.07) is 15.6. The Morgan fingerprint density at radius 2 is 1.66 bits per heavy atom. The average molecular weight is 515 g/mol. The van der Waals surface area contributed by atoms with Gasteiger partial charge in [0.15, 0.2) is 0 Å². The highest BCUT2D eigenvalue weighted by molar-refractivity contribution is 7.92. The Balaban J connectivity index is 1.53. The summed E-state index contributed by atoms with van der Waals surface area (Å²) < 4.78 is 36.7. The molecule has 0 saturated heterocycles. The molecule has 0 radical (unpaired) electrons. The number of nitrogens with zero attached hydrogens (tertiary/aromatic N) is 1. The van der Waals surface area contributed by atoms with E-state index < -0.39 is 28.4 Å². The maximum Gasteiger partial charge on any atom is 0.341 e. The quantitative estimate of drug-likeness (QED) is 0.441. The van der Waals surface area contributed by atoms with Gasteiger partial charge in [-0.3, -0.25) is 9.10 Å². The van der Waals surface area contributed by atoms with Gasteiger partial charge in [-0.05, 0) is 67.6 Å². The minimum Gasteiger partial charge on any atom is -0.465 e. The molecule has 0 bridgehead atoms. The van der Waals surface area contributed by atoms with Crippen molar-refractivity contribution in [3.63, 3.8) is 0 Å². The monoisotopic (exact) mass is 514 g/mol. The van der Waals surface area contributed by atoms with Gasteiger partial charge >= 0.3 is 5.97 Å². The van der Waals surface area contributed by atoms with Crippen LogP contribution in [0.3, 0.4) is 0 Å². The zero-order chi connectivity index (χ0) is 25.0. The molecule has 4 rings (SSSR count). The van der Waals surface area contributed by atoms with Crippen LogP contribution in [0.1, 0.15) is 33.6 Å². The fourth-order valence-electron chi connectivity index (χ4n) is 3.97. The summed E-state index contributed by atoms with van der Waals surface area (Å²) in [5.74, 6) is 0.127. The fraction of sp³-hybridized carbons (Fsp3) is 0.280. The lowest BCUT2D eigenvalue weighted by Gasteiger charge is -2.22. The number of aryl methyl sites for hydroxylation is 1. The number of benzene rings is 2. The molecule has 35 heavy (non-hydrogen) atoms. The number of ether oxygens (including phenoxy) is 2. The summed E-state index contributed by atoms with van der Waals surface area (Å²) in [4.78, 5) is 26.4. The van der Waals surface area contributed by atoms with E-state index in [1.54, 1.807) is 24.3 Å². The first kappa shape index (κ1) is 24.7. The van der Waals surface area contributed by atoms with Crippen LogP contribution >= 0.6 is 11.3 Å². The molecule has 0 spiro atoms. The van der Waals surface area contributed by atoms with Crippen molar-refractivity contribution in [2.24, 2.45) is 0 Å². The third kappa shape index (κ3) is 5.83. The number of sulfonamides is 1. The molecule has 0 fully saturated rings. The van der Waals surface area contributed by atoms with Crippen molar-refractivity contribution in [3.8, 4) is 11.5 Å². The lowest BCUT2D eigenvalue weighted by molar-refractivity contribution is -0.114. The van der Waals surface area contributed by atoms with E-state index in [0.29, 0.717) is 27.8 Å². The molecule has 1 N–H and O–H groups in total. The normalized spacial score (nSPS) is 13.0. The summed E-state index contributed by atoms with van der Waals surface area (Å²) in [5, 5.41) is 3.14. The number of nitrogens with one attached hydrogen (secondary N) is 1. The number of methoxy groups -OCH3 is 1. The van der Waals surface area contributed by atoms with Crippen LogP contribution in [-0.2, 0) is 32.4 Å². The van der Waals surface area contributed by atoms with Gasteiger partial charge in [0.2, 0.25) is 15.9 Å². The standard InChI is InChI=1S/C25H26N2O6S2/c1-32-25(29)23-20-10-6-7-11-21(20)34-24(23)26-22(28)16-27(35(2,30)31)17-12-14-19(15-13-17)33-18-8-4-3-5-9-18/h3-5,8-9,12-15H,6-7,10-11,16H2,1-2H3,(H,26,28). The topological polar surface area (TPSA) is 102 Å². The molecular formula is C25H26N2O6S2. The number of thiophene rings is 1. The van der Waals surface area contributed by atoms with Gasteiger partial charge in [-0.1, -0.05) is 18.2 Å². The summed E-state index contributed by atoms with van der Waals surface area (Å²) in [5.41, 5.74) is 1.60. The van der Waals surface area contributed by atoms with Crippen LogP contribution in [0.15, 0.2) is 54.6 Å². The van der Waals surface area contributed by atoms with Gasteiger partial charge < -0.3 is 14.8 Å². The zero-order valence-electron chi connectivity index (χ0n) is 19.4. The predicted octanol–water partition coefficient (Wildman–Crippen LogP) is 4.61. The van der Waals surface area contributed by atoms with E-state index in [1.165, 1.54) is 18.4 Å². The highest BCUT2D eigenvalue weighted by atomic mass is 32.2. The Labute approximate surface area is 208 Å². The Kier molecular flexibility index (Phi) is 7.42. The first-order chi connectivity index (χ1) is 16.8. The molecule has 8 nitrogen and oxygen atoms in total. The van der Waals surface area contributed by atoms with Crippen LogP contribution < -0.4 is 14.4 Å². The molecule has 0 atom stereocenters. The number of hydrogen-bond acceptors (Lipinski definition) is 7. The molecule has 1 aliphatic rings. The molecule has 1 aliphatic carbocycles. The summed E-state index contributed by atoms with van der Waals surface area (Å²) in [6.07, 6.45) is 4.62. The van der Waals surface area contributed by atoms with E-state index in [2.05, 4.69) is 5.32 Å². The second-order valence-corrected chi connectivity index (χ2v) is 11.1. The van der Waals surface area contributed by atoms with Crippen molar-refractivity contribution in [2.75, 3.05) is 29.5 Å². The van der Waals surface area contributed by atoms with Crippen LogP contribution in [0.25, 0.3) is 0 Å². The molecule has 0 aliphatic heterocycles. The zero-order valence-corrected chi connectivity index (χ0v) is 21.1. The first-order valence-electron chi connectivity index (χ1n) is 11.1. The smallest absolute Gasteiger partial charge is 0.341 e. The Hall–Kier alpha value is -3.37. The molecule has 184 valence electrons. The fourth-order valence-corrected chi connectivity index (χ4v) is 6.12. The number of fused-ring (bicyclic) bond motifs is 1. The van der Waals surface area contributed by atoms with Crippen LogP contribution in [0.5, 0.6) is 11.5 Å². The first-order valence-corrected chi connectivity index (χ1v) is 13.8. The molecule has 1 aromatic heterocycles. The number of amides is 1. The lowest BCUT2D eigenvalue weighted by Crippen LogP contribution is -2.37. The van der Waals surface area contributed by atoms with Gasteiger partial charge in [-0.25, -0.2) is 13.2 Å². The maximum atomic E-state index is 12.9. The summed E-state index contributed by atoms with van der Waals surface area (Å²) in [7, 11) is -2.46. The minimum absolute atomic E-state index is 0.321. The van der Waals surface area contributed by atoms with E-state index >= 15 is 0 Å². The van der Waals surface area contributed by atoms with E-state index in [4.69, 9.17) is 9.47 Å². The van der Waals surface area contributed by atoms with Crippen LogP contribution in [0.4, 0.5) is 10.7 Å². The number of anilines is 2. The number of carbonyl (C=O) groups excluding carboxylic acids is 2. The van der Waals surface area contributed by atoms with Gasteiger partial charge in [0.05, 0.1) is 24.6 Å². The predicted molar refractivity (Wildman–Crippen MR) is 136 cm³/mol. The average Bonchev–Trinajstić information content (AvgIpc) is 3.20.